The van der Waals surface area contributed by atoms with Gasteiger partial charge in [0.25, 0.3) is 0 Å². The van der Waals surface area contributed by atoms with E-state index in [2.05, 4.69) is 0 Å². The average Bonchev–Trinajstić information content (AvgIpc) is 2.87. The van der Waals surface area contributed by atoms with E-state index in [9.17, 15) is 9.90 Å². The Labute approximate surface area is 122 Å². The fourth-order valence-corrected chi connectivity index (χ4v) is 3.10. The molecule has 1 amide bonds. The fourth-order valence-electron chi connectivity index (χ4n) is 2.17. The van der Waals surface area contributed by atoms with E-state index >= 15 is 0 Å². The van der Waals surface area contributed by atoms with Crippen LogP contribution in [0.3, 0.4) is 0 Å². The highest BCUT2D eigenvalue weighted by molar-refractivity contribution is 8.00. The molecule has 5 heteroatoms. The first-order valence-electron chi connectivity index (χ1n) is 6.40. The molecule has 2 rings (SSSR count). The van der Waals surface area contributed by atoms with E-state index in [1.165, 1.54) is 11.8 Å². The Morgan fingerprint density at radius 1 is 1.53 bits per heavy atom. The Kier molecular flexibility index (Phi) is 5.13. The molecule has 3 nitrogen and oxygen atoms in total. The van der Waals surface area contributed by atoms with Gasteiger partial charge in [-0.15, -0.1) is 11.8 Å². The lowest BCUT2D eigenvalue weighted by Crippen LogP contribution is -2.31. The van der Waals surface area contributed by atoms with Crippen LogP contribution in [-0.2, 0) is 4.79 Å². The van der Waals surface area contributed by atoms with Crippen LogP contribution in [0.4, 0.5) is 0 Å². The summed E-state index contributed by atoms with van der Waals surface area (Å²) >= 11 is 7.34. The second kappa shape index (κ2) is 6.64. The summed E-state index contributed by atoms with van der Waals surface area (Å²) in [5.74, 6) is 0.807. The molecule has 1 aliphatic rings. The lowest BCUT2D eigenvalue weighted by molar-refractivity contribution is -0.127. The Bertz CT molecular complexity index is 436. The molecule has 2 unspecified atom stereocenters. The van der Waals surface area contributed by atoms with E-state index in [-0.39, 0.29) is 17.9 Å². The predicted molar refractivity (Wildman–Crippen MR) is 78.5 cm³/mol. The van der Waals surface area contributed by atoms with Crippen molar-refractivity contribution in [2.24, 2.45) is 5.92 Å². The van der Waals surface area contributed by atoms with Gasteiger partial charge in [-0.3, -0.25) is 4.79 Å². The second-order valence-electron chi connectivity index (χ2n) is 4.87. The van der Waals surface area contributed by atoms with Crippen molar-refractivity contribution >= 4 is 29.3 Å². The predicted octanol–water partition coefficient (Wildman–Crippen LogP) is 2.66. The molecule has 19 heavy (non-hydrogen) atoms. The van der Waals surface area contributed by atoms with Gasteiger partial charge < -0.3 is 10.0 Å². The average molecular weight is 300 g/mol. The summed E-state index contributed by atoms with van der Waals surface area (Å²) in [6, 6.07) is 7.49. The summed E-state index contributed by atoms with van der Waals surface area (Å²) < 4.78 is 0. The van der Waals surface area contributed by atoms with Gasteiger partial charge in [0, 0.05) is 28.9 Å². The van der Waals surface area contributed by atoms with Crippen LogP contribution in [-0.4, -0.2) is 40.9 Å². The van der Waals surface area contributed by atoms with Gasteiger partial charge in [-0.05, 0) is 37.6 Å². The standard InChI is InChI=1S/C14H18ClNO2S/c1-10(17)11-6-7-16(8-11)14(18)9-19-13-4-2-12(15)3-5-13/h2-5,10-11,17H,6-9H2,1H3. The van der Waals surface area contributed by atoms with Crippen LogP contribution in [0.5, 0.6) is 0 Å². The maximum Gasteiger partial charge on any atom is 0.232 e. The number of aliphatic hydroxyl groups is 1. The van der Waals surface area contributed by atoms with Gasteiger partial charge >= 0.3 is 0 Å². The Morgan fingerprint density at radius 2 is 2.21 bits per heavy atom. The zero-order valence-electron chi connectivity index (χ0n) is 10.9. The van der Waals surface area contributed by atoms with Crippen molar-refractivity contribution in [1.29, 1.82) is 0 Å². The van der Waals surface area contributed by atoms with Crippen molar-refractivity contribution in [2.45, 2.75) is 24.3 Å². The van der Waals surface area contributed by atoms with E-state index in [4.69, 9.17) is 11.6 Å². The van der Waals surface area contributed by atoms with Crippen molar-refractivity contribution in [3.63, 3.8) is 0 Å². The van der Waals surface area contributed by atoms with Crippen LogP contribution >= 0.6 is 23.4 Å². The number of halogens is 1. The highest BCUT2D eigenvalue weighted by atomic mass is 35.5. The molecule has 2 atom stereocenters. The molecule has 0 aliphatic carbocycles. The maximum absolute atomic E-state index is 12.1. The van der Waals surface area contributed by atoms with Gasteiger partial charge in [0.05, 0.1) is 11.9 Å². The van der Waals surface area contributed by atoms with Crippen LogP contribution in [0.15, 0.2) is 29.2 Å². The van der Waals surface area contributed by atoms with Gasteiger partial charge in [0.15, 0.2) is 0 Å². The molecule has 1 heterocycles. The largest absolute Gasteiger partial charge is 0.393 e. The van der Waals surface area contributed by atoms with Gasteiger partial charge in [-0.2, -0.15) is 0 Å². The molecule has 0 bridgehead atoms. The number of aliphatic hydroxyl groups excluding tert-OH is 1. The first kappa shape index (κ1) is 14.7. The number of carbonyl (C=O) groups excluding carboxylic acids is 1. The maximum atomic E-state index is 12.1. The number of hydrogen-bond acceptors (Lipinski definition) is 3. The molecule has 0 saturated carbocycles. The SMILES string of the molecule is CC(O)C1CCN(C(=O)CSc2ccc(Cl)cc2)C1. The first-order chi connectivity index (χ1) is 9.06. The van der Waals surface area contributed by atoms with Crippen LogP contribution in [0, 0.1) is 5.92 Å². The lowest BCUT2D eigenvalue weighted by Gasteiger charge is -2.17. The molecule has 0 spiro atoms. The zero-order valence-corrected chi connectivity index (χ0v) is 12.5. The third-order valence-corrected chi connectivity index (χ3v) is 4.68. The zero-order chi connectivity index (χ0) is 13.8. The third kappa shape index (κ3) is 4.13. The molecule has 1 aromatic carbocycles. The molecule has 1 N–H and O–H groups in total. The molecule has 0 radical (unpaired) electrons. The van der Waals surface area contributed by atoms with Gasteiger partial charge in [-0.1, -0.05) is 11.6 Å². The molecule has 1 aliphatic heterocycles. The number of benzene rings is 1. The number of amides is 1. The van der Waals surface area contributed by atoms with Gasteiger partial charge in [0.1, 0.15) is 0 Å². The van der Waals surface area contributed by atoms with Crippen LogP contribution < -0.4 is 0 Å². The quantitative estimate of drug-likeness (QED) is 0.869. The van der Waals surface area contributed by atoms with E-state index < -0.39 is 0 Å². The van der Waals surface area contributed by atoms with E-state index in [1.807, 2.05) is 29.2 Å². The molecule has 1 fully saturated rings. The topological polar surface area (TPSA) is 40.5 Å². The highest BCUT2D eigenvalue weighted by Gasteiger charge is 2.28. The number of hydrogen-bond donors (Lipinski definition) is 1. The number of thioether (sulfide) groups is 1. The summed E-state index contributed by atoms with van der Waals surface area (Å²) in [6.07, 6.45) is 0.566. The van der Waals surface area contributed by atoms with E-state index in [0.29, 0.717) is 17.3 Å². The first-order valence-corrected chi connectivity index (χ1v) is 7.77. The van der Waals surface area contributed by atoms with Gasteiger partial charge in [0.2, 0.25) is 5.91 Å². The number of carbonyl (C=O) groups is 1. The van der Waals surface area contributed by atoms with Crippen molar-refractivity contribution in [3.8, 4) is 0 Å². The highest BCUT2D eigenvalue weighted by Crippen LogP contribution is 2.23. The van der Waals surface area contributed by atoms with Crippen LogP contribution in [0.25, 0.3) is 0 Å². The van der Waals surface area contributed by atoms with Crippen molar-refractivity contribution in [1.82, 2.24) is 4.90 Å². The summed E-state index contributed by atoms with van der Waals surface area (Å²) in [6.45, 7) is 3.23. The van der Waals surface area contributed by atoms with Crippen LogP contribution in [0.1, 0.15) is 13.3 Å². The summed E-state index contributed by atoms with van der Waals surface area (Å²) in [7, 11) is 0. The second-order valence-corrected chi connectivity index (χ2v) is 6.36. The molecular formula is C14H18ClNO2S. The Balaban J connectivity index is 1.80. The Morgan fingerprint density at radius 3 is 2.79 bits per heavy atom. The van der Waals surface area contributed by atoms with E-state index in [1.54, 1.807) is 6.92 Å². The summed E-state index contributed by atoms with van der Waals surface area (Å²) in [5, 5.41) is 10.2. The normalized spacial score (nSPS) is 20.6. The molecular weight excluding hydrogens is 282 g/mol. The minimum atomic E-state index is -0.332. The number of likely N-dealkylation sites (tertiary alicyclic amines) is 1. The monoisotopic (exact) mass is 299 g/mol. The van der Waals surface area contributed by atoms with Crippen LogP contribution in [0.2, 0.25) is 5.02 Å². The third-order valence-electron chi connectivity index (χ3n) is 3.44. The Hall–Kier alpha value is -0.710. The van der Waals surface area contributed by atoms with Crippen molar-refractivity contribution < 1.29 is 9.90 Å². The molecule has 1 aromatic rings. The molecule has 104 valence electrons. The van der Waals surface area contributed by atoms with E-state index in [0.717, 1.165) is 17.9 Å². The lowest BCUT2D eigenvalue weighted by atomic mass is 10.0. The minimum absolute atomic E-state index is 0.142. The smallest absolute Gasteiger partial charge is 0.232 e. The summed E-state index contributed by atoms with van der Waals surface area (Å²) in [5.41, 5.74) is 0. The number of nitrogens with zero attached hydrogens (tertiary/aromatic N) is 1. The fraction of sp³-hybridized carbons (Fsp3) is 0.500. The minimum Gasteiger partial charge on any atom is -0.393 e. The van der Waals surface area contributed by atoms with Crippen molar-refractivity contribution in [2.75, 3.05) is 18.8 Å². The number of rotatable bonds is 4. The molecule has 1 saturated heterocycles. The van der Waals surface area contributed by atoms with Crippen molar-refractivity contribution in [3.05, 3.63) is 29.3 Å². The summed E-state index contributed by atoms with van der Waals surface area (Å²) in [4.78, 5) is 14.9. The van der Waals surface area contributed by atoms with Gasteiger partial charge in [-0.25, -0.2) is 0 Å². The molecule has 0 aromatic heterocycles.